The van der Waals surface area contributed by atoms with Crippen LogP contribution in [0.15, 0.2) is 23.1 Å². The molecule has 1 aromatic carbocycles. The predicted octanol–water partition coefficient (Wildman–Crippen LogP) is 3.25. The lowest BCUT2D eigenvalue weighted by atomic mass is 10.0. The second-order valence-corrected chi connectivity index (χ2v) is 9.41. The number of ketones is 1. The van der Waals surface area contributed by atoms with Crippen molar-refractivity contribution in [3.63, 3.8) is 0 Å². The van der Waals surface area contributed by atoms with Crippen LogP contribution in [0.4, 0.5) is 0 Å². The van der Waals surface area contributed by atoms with Crippen molar-refractivity contribution in [3.05, 3.63) is 51.3 Å². The van der Waals surface area contributed by atoms with Crippen molar-refractivity contribution < 1.29 is 19.2 Å². The van der Waals surface area contributed by atoms with Gasteiger partial charge in [-0.2, -0.15) is 10.2 Å². The minimum atomic E-state index is -1.34. The molecule has 0 amide bonds. The molecule has 1 atom stereocenters. The quantitative estimate of drug-likeness (QED) is 0.427. The number of hydrogen-bond acceptors (Lipinski definition) is 6. The van der Waals surface area contributed by atoms with E-state index in [0.717, 1.165) is 18.5 Å². The van der Waals surface area contributed by atoms with Gasteiger partial charge in [0.2, 0.25) is 17.5 Å². The predicted molar refractivity (Wildman–Crippen MR) is 116 cm³/mol. The summed E-state index contributed by atoms with van der Waals surface area (Å²) < 4.78 is 21.1. The van der Waals surface area contributed by atoms with Crippen LogP contribution in [0.2, 0.25) is 5.02 Å². The van der Waals surface area contributed by atoms with E-state index in [0.29, 0.717) is 28.0 Å². The molecule has 8 nitrogen and oxygen atoms in total. The van der Waals surface area contributed by atoms with Crippen LogP contribution >= 0.6 is 11.6 Å². The zero-order valence-corrected chi connectivity index (χ0v) is 19.3. The fourth-order valence-corrected chi connectivity index (χ4v) is 4.69. The number of rotatable bonds is 7. The zero-order chi connectivity index (χ0) is 22.4. The SMILES string of the molecule is Cc1nn(C)c(O)c1C(=O)c1ccc([S+](C)[O-])c(COc2cc(C3CC3)nn2C)c1Cl. The van der Waals surface area contributed by atoms with E-state index >= 15 is 0 Å². The van der Waals surface area contributed by atoms with Gasteiger partial charge in [-0.1, -0.05) is 11.6 Å². The molecule has 2 aromatic heterocycles. The largest absolute Gasteiger partial charge is 0.612 e. The van der Waals surface area contributed by atoms with Crippen molar-refractivity contribution >= 4 is 28.6 Å². The lowest BCUT2D eigenvalue weighted by molar-refractivity contribution is 0.103. The molecular formula is C21H23ClN4O4S. The summed E-state index contributed by atoms with van der Waals surface area (Å²) in [4.78, 5) is 13.6. The number of carbonyl (C=O) groups excluding carboxylic acids is 1. The van der Waals surface area contributed by atoms with Crippen LogP contribution in [0, 0.1) is 6.92 Å². The van der Waals surface area contributed by atoms with E-state index in [-0.39, 0.29) is 28.6 Å². The van der Waals surface area contributed by atoms with Crippen molar-refractivity contribution in [2.45, 2.75) is 37.2 Å². The molecule has 0 bridgehead atoms. The molecule has 31 heavy (non-hydrogen) atoms. The van der Waals surface area contributed by atoms with E-state index < -0.39 is 17.0 Å². The van der Waals surface area contributed by atoms with Crippen LogP contribution in [0.5, 0.6) is 11.8 Å². The number of halogens is 1. The third-order valence-electron chi connectivity index (χ3n) is 5.39. The highest BCUT2D eigenvalue weighted by Gasteiger charge is 2.29. The second-order valence-electron chi connectivity index (χ2n) is 7.69. The van der Waals surface area contributed by atoms with Crippen molar-refractivity contribution in [2.24, 2.45) is 14.1 Å². The molecule has 1 aliphatic rings. The number of nitrogens with zero attached hydrogens (tertiary/aromatic N) is 4. The van der Waals surface area contributed by atoms with Gasteiger partial charge in [0.05, 0.1) is 22.0 Å². The monoisotopic (exact) mass is 462 g/mol. The molecule has 164 valence electrons. The number of aromatic hydroxyl groups is 1. The molecule has 0 radical (unpaired) electrons. The smallest absolute Gasteiger partial charge is 0.220 e. The van der Waals surface area contributed by atoms with Crippen LogP contribution in [0.3, 0.4) is 0 Å². The van der Waals surface area contributed by atoms with Gasteiger partial charge in [0, 0.05) is 31.6 Å². The normalized spacial score (nSPS) is 14.6. The van der Waals surface area contributed by atoms with E-state index in [1.54, 1.807) is 38.0 Å². The molecular weight excluding hydrogens is 440 g/mol. The molecule has 1 unspecified atom stereocenters. The van der Waals surface area contributed by atoms with Crippen molar-refractivity contribution in [3.8, 4) is 11.8 Å². The Hall–Kier alpha value is -2.49. The van der Waals surface area contributed by atoms with Gasteiger partial charge in [0.1, 0.15) is 18.4 Å². The first kappa shape index (κ1) is 21.7. The summed E-state index contributed by atoms with van der Waals surface area (Å²) in [7, 11) is 3.35. The van der Waals surface area contributed by atoms with Gasteiger partial charge in [-0.15, -0.1) is 0 Å². The summed E-state index contributed by atoms with van der Waals surface area (Å²) in [6.45, 7) is 1.66. The van der Waals surface area contributed by atoms with E-state index in [4.69, 9.17) is 16.3 Å². The average Bonchev–Trinajstić information content (AvgIpc) is 3.44. The van der Waals surface area contributed by atoms with Crippen LogP contribution in [-0.4, -0.2) is 41.3 Å². The van der Waals surface area contributed by atoms with Gasteiger partial charge in [-0.25, -0.2) is 9.36 Å². The van der Waals surface area contributed by atoms with Gasteiger partial charge < -0.3 is 14.4 Å². The highest BCUT2D eigenvalue weighted by Crippen LogP contribution is 2.40. The fourth-order valence-electron chi connectivity index (χ4n) is 3.56. The summed E-state index contributed by atoms with van der Waals surface area (Å²) in [5, 5.41) is 18.9. The maximum atomic E-state index is 13.1. The Labute approximate surface area is 188 Å². The fraction of sp³-hybridized carbons (Fsp3) is 0.381. The van der Waals surface area contributed by atoms with Gasteiger partial charge in [0.15, 0.2) is 4.90 Å². The highest BCUT2D eigenvalue weighted by molar-refractivity contribution is 7.90. The Balaban J connectivity index is 1.68. The summed E-state index contributed by atoms with van der Waals surface area (Å²) in [6.07, 6.45) is 3.81. The first-order valence-electron chi connectivity index (χ1n) is 9.77. The van der Waals surface area contributed by atoms with Crippen LogP contribution in [-0.2, 0) is 31.9 Å². The number of aryl methyl sites for hydroxylation is 3. The molecule has 1 fully saturated rings. The Morgan fingerprint density at radius 1 is 1.32 bits per heavy atom. The van der Waals surface area contributed by atoms with Crippen molar-refractivity contribution in [1.29, 1.82) is 0 Å². The topological polar surface area (TPSA) is 105 Å². The van der Waals surface area contributed by atoms with Crippen LogP contribution in [0.1, 0.15) is 51.6 Å². The summed E-state index contributed by atoms with van der Waals surface area (Å²) in [5.41, 5.74) is 2.12. The Morgan fingerprint density at radius 3 is 2.61 bits per heavy atom. The lowest BCUT2D eigenvalue weighted by Gasteiger charge is -2.15. The van der Waals surface area contributed by atoms with Crippen molar-refractivity contribution in [2.75, 3.05) is 6.26 Å². The highest BCUT2D eigenvalue weighted by atomic mass is 35.5. The minimum absolute atomic E-state index is 0.0243. The summed E-state index contributed by atoms with van der Waals surface area (Å²) >= 11 is 5.28. The molecule has 0 saturated heterocycles. The van der Waals surface area contributed by atoms with E-state index in [2.05, 4.69) is 10.2 Å². The van der Waals surface area contributed by atoms with Gasteiger partial charge >= 0.3 is 0 Å². The Morgan fingerprint density at radius 2 is 2.03 bits per heavy atom. The number of carbonyl (C=O) groups is 1. The van der Waals surface area contributed by atoms with Crippen molar-refractivity contribution in [1.82, 2.24) is 19.6 Å². The third kappa shape index (κ3) is 4.05. The van der Waals surface area contributed by atoms with Crippen LogP contribution in [0.25, 0.3) is 0 Å². The molecule has 0 aliphatic heterocycles. The molecule has 2 heterocycles. The number of hydrogen-bond donors (Lipinski definition) is 1. The Kier molecular flexibility index (Phi) is 5.76. The van der Waals surface area contributed by atoms with Gasteiger partial charge in [0.25, 0.3) is 0 Å². The molecule has 1 saturated carbocycles. The first-order chi connectivity index (χ1) is 14.7. The van der Waals surface area contributed by atoms with Gasteiger partial charge in [-0.3, -0.25) is 4.79 Å². The zero-order valence-electron chi connectivity index (χ0n) is 17.7. The minimum Gasteiger partial charge on any atom is -0.612 e. The molecule has 1 aliphatic carbocycles. The third-order valence-corrected chi connectivity index (χ3v) is 6.82. The van der Waals surface area contributed by atoms with Crippen LogP contribution < -0.4 is 4.74 Å². The van der Waals surface area contributed by atoms with E-state index in [1.165, 1.54) is 10.7 Å². The molecule has 0 spiro atoms. The van der Waals surface area contributed by atoms with Gasteiger partial charge in [-0.05, 0) is 43.1 Å². The number of ether oxygens (including phenoxy) is 1. The first-order valence-corrected chi connectivity index (χ1v) is 11.7. The van der Waals surface area contributed by atoms with E-state index in [1.807, 2.05) is 6.07 Å². The maximum Gasteiger partial charge on any atom is 0.220 e. The standard InChI is InChI=1S/C21H23ClN4O4S/c1-11-18(21(28)26(3)23-11)20(27)13-7-8-16(31(4)29)14(19(13)22)10-30-17-9-15(12-5-6-12)24-25(17)2/h7-9,12,28H,5-6,10H2,1-4H3. The Bertz CT molecular complexity index is 1170. The maximum absolute atomic E-state index is 13.1. The molecule has 10 heteroatoms. The number of benzene rings is 1. The summed E-state index contributed by atoms with van der Waals surface area (Å²) in [5.74, 6) is 0.367. The lowest BCUT2D eigenvalue weighted by Crippen LogP contribution is -2.12. The van der Waals surface area contributed by atoms with E-state index in [9.17, 15) is 14.5 Å². The molecule has 1 N–H and O–H groups in total. The molecule has 4 rings (SSSR count). The molecule has 3 aromatic rings. The number of aromatic nitrogens is 4. The summed E-state index contributed by atoms with van der Waals surface area (Å²) in [6, 6.07) is 5.03. The average molecular weight is 463 g/mol. The second kappa shape index (κ2) is 8.22.